The molecule has 4 aliphatic carbocycles. The normalized spacial score (nSPS) is 60.1. The average molecular weight is 352 g/mol. The van der Waals surface area contributed by atoms with Crippen LogP contribution in [0.3, 0.4) is 0 Å². The van der Waals surface area contributed by atoms with Gasteiger partial charge in [0, 0.05) is 17.3 Å². The standard InChI is InChI=1S/C20H32O5/c1-9-10-7-11(21)15-19(4)12(18(2,3)6-5-13(19)22)8-14(23)20(15,16(9)24)17(10)25/h9-15,17,21-23,25H,5-8H2,1-4H3/t9-,10+,11+,12-,13-,14-,15-,17-,19+,20-/m1/s1. The molecule has 4 N–H and O–H groups in total. The molecule has 1 spiro atoms. The highest BCUT2D eigenvalue weighted by Gasteiger charge is 2.77. The van der Waals surface area contributed by atoms with Crippen LogP contribution in [0.25, 0.3) is 0 Å². The summed E-state index contributed by atoms with van der Waals surface area (Å²) in [5, 5.41) is 44.3. The van der Waals surface area contributed by atoms with Crippen molar-refractivity contribution in [3.63, 3.8) is 0 Å². The van der Waals surface area contributed by atoms with Gasteiger partial charge in [0.15, 0.2) is 0 Å². The van der Waals surface area contributed by atoms with Gasteiger partial charge in [-0.2, -0.15) is 0 Å². The number of ketones is 1. The topological polar surface area (TPSA) is 98.0 Å². The highest BCUT2D eigenvalue weighted by Crippen LogP contribution is 2.71. The molecular formula is C20H32O5. The van der Waals surface area contributed by atoms with E-state index < -0.39 is 41.2 Å². The lowest BCUT2D eigenvalue weighted by Gasteiger charge is -2.67. The lowest BCUT2D eigenvalue weighted by Crippen LogP contribution is -2.72. The predicted octanol–water partition coefficient (Wildman–Crippen LogP) is 1.12. The predicted molar refractivity (Wildman–Crippen MR) is 91.5 cm³/mol. The Labute approximate surface area is 149 Å². The molecule has 0 aromatic rings. The molecule has 0 amide bonds. The summed E-state index contributed by atoms with van der Waals surface area (Å²) in [6, 6.07) is 0. The van der Waals surface area contributed by atoms with Crippen LogP contribution >= 0.6 is 0 Å². The van der Waals surface area contributed by atoms with Gasteiger partial charge >= 0.3 is 0 Å². The van der Waals surface area contributed by atoms with Gasteiger partial charge in [-0.15, -0.1) is 0 Å². The Morgan fingerprint density at radius 3 is 2.28 bits per heavy atom. The minimum Gasteiger partial charge on any atom is -0.393 e. The number of aliphatic hydroxyl groups excluding tert-OH is 4. The molecule has 142 valence electrons. The smallest absolute Gasteiger partial charge is 0.147 e. The molecular weight excluding hydrogens is 320 g/mol. The van der Waals surface area contributed by atoms with Crippen LogP contribution in [0.5, 0.6) is 0 Å². The molecule has 0 saturated heterocycles. The number of carbonyl (C=O) groups is 1. The van der Waals surface area contributed by atoms with Crippen molar-refractivity contribution < 1.29 is 25.2 Å². The summed E-state index contributed by atoms with van der Waals surface area (Å²) in [6.07, 6.45) is -1.09. The number of hydrogen-bond donors (Lipinski definition) is 4. The molecule has 0 aromatic heterocycles. The van der Waals surface area contributed by atoms with E-state index in [-0.39, 0.29) is 29.0 Å². The summed E-state index contributed by atoms with van der Waals surface area (Å²) < 4.78 is 0. The molecule has 10 atom stereocenters. The zero-order valence-corrected chi connectivity index (χ0v) is 15.6. The van der Waals surface area contributed by atoms with Gasteiger partial charge in [-0.3, -0.25) is 4.79 Å². The minimum atomic E-state index is -1.33. The van der Waals surface area contributed by atoms with Crippen LogP contribution in [-0.4, -0.2) is 50.6 Å². The molecule has 5 heteroatoms. The molecule has 4 aliphatic rings. The van der Waals surface area contributed by atoms with Gasteiger partial charge in [-0.05, 0) is 42.9 Å². The number of hydrogen-bond acceptors (Lipinski definition) is 5. The van der Waals surface area contributed by atoms with E-state index in [1.165, 1.54) is 0 Å². The first-order valence-electron chi connectivity index (χ1n) is 9.77. The molecule has 0 unspecified atom stereocenters. The Kier molecular flexibility index (Phi) is 3.62. The van der Waals surface area contributed by atoms with Crippen molar-refractivity contribution in [1.29, 1.82) is 0 Å². The van der Waals surface area contributed by atoms with E-state index in [0.717, 1.165) is 6.42 Å². The lowest BCUT2D eigenvalue weighted by atomic mass is 9.38. The molecule has 5 nitrogen and oxygen atoms in total. The van der Waals surface area contributed by atoms with E-state index in [4.69, 9.17) is 0 Å². The fourth-order valence-electron chi connectivity index (χ4n) is 7.75. The number of Topliss-reactive ketones (excluding diaryl/α,β-unsaturated/α-hetero) is 1. The second-order valence-corrected chi connectivity index (χ2v) is 10.2. The van der Waals surface area contributed by atoms with Crippen molar-refractivity contribution in [1.82, 2.24) is 0 Å². The molecule has 4 fully saturated rings. The Bertz CT molecular complexity index is 603. The Morgan fingerprint density at radius 1 is 1.00 bits per heavy atom. The van der Waals surface area contributed by atoms with E-state index in [2.05, 4.69) is 13.8 Å². The SMILES string of the molecule is C[C@H]1C(=O)[C@@]23[C@H](O)C[C@@H]4C(C)(C)CC[C@@H](O)[C@@]4(C)[C@H]2[C@@H](O)C[C@@H]1[C@H]3O. The monoisotopic (exact) mass is 352 g/mol. The minimum absolute atomic E-state index is 0.00326. The first-order chi connectivity index (χ1) is 11.5. The third-order valence-electron chi connectivity index (χ3n) is 8.95. The molecule has 2 bridgehead atoms. The zero-order valence-electron chi connectivity index (χ0n) is 15.6. The maximum Gasteiger partial charge on any atom is 0.147 e. The molecule has 4 rings (SSSR count). The third-order valence-corrected chi connectivity index (χ3v) is 8.95. The second-order valence-electron chi connectivity index (χ2n) is 10.2. The van der Waals surface area contributed by atoms with E-state index >= 15 is 0 Å². The molecule has 0 radical (unpaired) electrons. The largest absolute Gasteiger partial charge is 0.393 e. The summed E-state index contributed by atoms with van der Waals surface area (Å²) in [5.74, 6) is -1.39. The summed E-state index contributed by atoms with van der Waals surface area (Å²) >= 11 is 0. The van der Waals surface area contributed by atoms with Gasteiger partial charge in [0.2, 0.25) is 0 Å². The van der Waals surface area contributed by atoms with Crippen molar-refractivity contribution >= 4 is 5.78 Å². The highest BCUT2D eigenvalue weighted by molar-refractivity contribution is 5.92. The van der Waals surface area contributed by atoms with Crippen molar-refractivity contribution in [2.24, 2.45) is 39.9 Å². The van der Waals surface area contributed by atoms with E-state index in [9.17, 15) is 25.2 Å². The molecule has 25 heavy (non-hydrogen) atoms. The van der Waals surface area contributed by atoms with Crippen LogP contribution in [0.1, 0.15) is 53.4 Å². The molecule has 0 heterocycles. The van der Waals surface area contributed by atoms with Crippen molar-refractivity contribution in [2.75, 3.05) is 0 Å². The Morgan fingerprint density at radius 2 is 1.64 bits per heavy atom. The third kappa shape index (κ3) is 1.81. The van der Waals surface area contributed by atoms with E-state index in [1.54, 1.807) is 0 Å². The Hall–Kier alpha value is -0.490. The molecule has 0 aromatic carbocycles. The fourth-order valence-corrected chi connectivity index (χ4v) is 7.75. The number of carbonyl (C=O) groups excluding carboxylic acids is 1. The summed E-state index contributed by atoms with van der Waals surface area (Å²) in [5.41, 5.74) is -2.11. The zero-order chi connectivity index (χ0) is 18.5. The lowest BCUT2D eigenvalue weighted by molar-refractivity contribution is -0.274. The van der Waals surface area contributed by atoms with E-state index in [0.29, 0.717) is 19.3 Å². The highest BCUT2D eigenvalue weighted by atomic mass is 16.3. The van der Waals surface area contributed by atoms with Gasteiger partial charge in [-0.1, -0.05) is 27.7 Å². The van der Waals surface area contributed by atoms with Gasteiger partial charge < -0.3 is 20.4 Å². The fraction of sp³-hybridized carbons (Fsp3) is 0.950. The maximum atomic E-state index is 13.3. The van der Waals surface area contributed by atoms with Crippen LogP contribution in [0.4, 0.5) is 0 Å². The van der Waals surface area contributed by atoms with Crippen LogP contribution in [0.2, 0.25) is 0 Å². The first kappa shape index (κ1) is 17.9. The summed E-state index contributed by atoms with van der Waals surface area (Å²) in [7, 11) is 0. The van der Waals surface area contributed by atoms with Gasteiger partial charge in [0.25, 0.3) is 0 Å². The van der Waals surface area contributed by atoms with Crippen molar-refractivity contribution in [3.05, 3.63) is 0 Å². The average Bonchev–Trinajstić information content (AvgIpc) is 2.65. The quantitative estimate of drug-likeness (QED) is 0.524. The van der Waals surface area contributed by atoms with Crippen LogP contribution < -0.4 is 0 Å². The molecule has 4 saturated carbocycles. The second kappa shape index (κ2) is 5.06. The van der Waals surface area contributed by atoms with Crippen LogP contribution in [-0.2, 0) is 4.79 Å². The first-order valence-corrected chi connectivity index (χ1v) is 9.77. The number of aliphatic hydroxyl groups is 4. The van der Waals surface area contributed by atoms with Crippen LogP contribution in [0, 0.1) is 39.9 Å². The molecule has 0 aliphatic heterocycles. The Balaban J connectivity index is 1.94. The van der Waals surface area contributed by atoms with Crippen molar-refractivity contribution in [3.8, 4) is 0 Å². The van der Waals surface area contributed by atoms with Gasteiger partial charge in [-0.25, -0.2) is 0 Å². The maximum absolute atomic E-state index is 13.3. The van der Waals surface area contributed by atoms with Gasteiger partial charge in [0.05, 0.1) is 29.8 Å². The van der Waals surface area contributed by atoms with E-state index in [1.807, 2.05) is 13.8 Å². The van der Waals surface area contributed by atoms with Crippen molar-refractivity contribution in [2.45, 2.75) is 77.8 Å². The van der Waals surface area contributed by atoms with Gasteiger partial charge in [0.1, 0.15) is 5.78 Å². The summed E-state index contributed by atoms with van der Waals surface area (Å²) in [6.45, 7) is 8.09. The summed E-state index contributed by atoms with van der Waals surface area (Å²) in [4.78, 5) is 13.3. The number of fused-ring (bicyclic) bond motifs is 3. The van der Waals surface area contributed by atoms with Crippen LogP contribution in [0.15, 0.2) is 0 Å². The number of rotatable bonds is 0.